The number of amides is 1. The van der Waals surface area contributed by atoms with Crippen molar-refractivity contribution >= 4 is 17.4 Å². The molecule has 10 nitrogen and oxygen atoms in total. The second-order valence-electron chi connectivity index (χ2n) is 12.7. The van der Waals surface area contributed by atoms with E-state index in [1.165, 1.54) is 7.11 Å². The molecule has 7 rings (SSSR count). The van der Waals surface area contributed by atoms with E-state index in [1.807, 2.05) is 19.9 Å². The summed E-state index contributed by atoms with van der Waals surface area (Å²) in [6.07, 6.45) is -0.361. The number of aliphatic hydroxyl groups is 1. The quantitative estimate of drug-likeness (QED) is 0.460. The Morgan fingerprint density at radius 1 is 1.22 bits per heavy atom. The normalized spacial score (nSPS) is 43.0. The SMILES string of the molecule is COc1ccc2c3c1C(=O)[C@H](O)C(C)(C)N3C(=O)[C@@]21C[C@]2(N([O-])O)CN3C[C@@H]4O[C@@H]4[C@@H]3C[C@H]2C1(C)C. The summed E-state index contributed by atoms with van der Waals surface area (Å²) in [5, 5.41) is 34.9. The molecule has 2 N–H and O–H groups in total. The van der Waals surface area contributed by atoms with Crippen LogP contribution in [-0.2, 0) is 14.9 Å². The first kappa shape index (κ1) is 23.1. The summed E-state index contributed by atoms with van der Waals surface area (Å²) >= 11 is 0. The zero-order valence-electron chi connectivity index (χ0n) is 21.1. The number of methoxy groups -OCH3 is 1. The second kappa shape index (κ2) is 6.48. The number of ketones is 1. The van der Waals surface area contributed by atoms with E-state index >= 15 is 0 Å². The van der Waals surface area contributed by atoms with E-state index in [-0.39, 0.29) is 47.3 Å². The number of carbonyl (C=O) groups is 2. The number of epoxide rings is 1. The fraction of sp³-hybridized carbons (Fsp3) is 0.692. The molecule has 5 aliphatic heterocycles. The fourth-order valence-electron chi connectivity index (χ4n) is 8.88. The van der Waals surface area contributed by atoms with Gasteiger partial charge >= 0.3 is 0 Å². The van der Waals surface area contributed by atoms with E-state index in [4.69, 9.17) is 9.47 Å². The number of morpholine rings is 1. The highest BCUT2D eigenvalue weighted by Crippen LogP contribution is 2.71. The lowest BCUT2D eigenvalue weighted by Gasteiger charge is -2.55. The van der Waals surface area contributed by atoms with Crippen molar-refractivity contribution < 1.29 is 29.4 Å². The van der Waals surface area contributed by atoms with Gasteiger partial charge in [0.15, 0.2) is 5.78 Å². The highest BCUT2D eigenvalue weighted by Gasteiger charge is 2.77. The molecule has 0 bridgehead atoms. The predicted molar refractivity (Wildman–Crippen MR) is 127 cm³/mol. The van der Waals surface area contributed by atoms with Crippen molar-refractivity contribution in [3.8, 4) is 5.75 Å². The van der Waals surface area contributed by atoms with Crippen molar-refractivity contribution in [2.45, 2.75) is 81.4 Å². The third kappa shape index (κ3) is 2.23. The summed E-state index contributed by atoms with van der Waals surface area (Å²) in [6, 6.07) is 3.66. The number of hydroxylamine groups is 2. The van der Waals surface area contributed by atoms with Crippen molar-refractivity contribution in [3.05, 3.63) is 28.5 Å². The van der Waals surface area contributed by atoms with Crippen molar-refractivity contribution in [3.63, 3.8) is 0 Å². The Balaban J connectivity index is 1.48. The van der Waals surface area contributed by atoms with Crippen LogP contribution < -0.4 is 9.64 Å². The smallest absolute Gasteiger partial charge is 0.238 e. The van der Waals surface area contributed by atoms with Gasteiger partial charge in [-0.2, -0.15) is 0 Å². The molecule has 6 aliphatic rings. The summed E-state index contributed by atoms with van der Waals surface area (Å²) in [7, 11) is 1.46. The van der Waals surface area contributed by atoms with Gasteiger partial charge in [-0.1, -0.05) is 19.9 Å². The molecule has 1 aromatic rings. The molecule has 0 radical (unpaired) electrons. The van der Waals surface area contributed by atoms with Gasteiger partial charge in [0.05, 0.1) is 41.0 Å². The first-order chi connectivity index (χ1) is 16.8. The fourth-order valence-corrected chi connectivity index (χ4v) is 8.88. The van der Waals surface area contributed by atoms with Gasteiger partial charge < -0.3 is 29.9 Å². The molecule has 4 fully saturated rings. The molecular weight excluding hydrogens is 466 g/mol. The number of hydrogen-bond donors (Lipinski definition) is 2. The first-order valence-electron chi connectivity index (χ1n) is 12.7. The Kier molecular flexibility index (Phi) is 4.16. The molecule has 3 saturated heterocycles. The number of anilines is 1. The molecule has 1 saturated carbocycles. The van der Waals surface area contributed by atoms with Crippen LogP contribution >= 0.6 is 0 Å². The summed E-state index contributed by atoms with van der Waals surface area (Å²) in [4.78, 5) is 32.0. The van der Waals surface area contributed by atoms with Crippen molar-refractivity contribution in [2.24, 2.45) is 11.3 Å². The molecule has 1 aromatic carbocycles. The highest BCUT2D eigenvalue weighted by atomic mass is 16.8. The molecule has 0 unspecified atom stereocenters. The monoisotopic (exact) mass is 498 g/mol. The number of aliphatic hydroxyl groups excluding tert-OH is 1. The molecule has 0 aromatic heterocycles. The first-order valence-corrected chi connectivity index (χ1v) is 12.7. The maximum absolute atomic E-state index is 14.7. The molecular formula is C26H32N3O7-. The van der Waals surface area contributed by atoms with Crippen molar-refractivity contribution in [1.29, 1.82) is 0 Å². The van der Waals surface area contributed by atoms with E-state index in [0.29, 0.717) is 30.0 Å². The zero-order valence-corrected chi connectivity index (χ0v) is 21.1. The predicted octanol–water partition coefficient (Wildman–Crippen LogP) is 1.44. The number of carbonyl (C=O) groups excluding carboxylic acids is 2. The molecule has 1 aliphatic carbocycles. The van der Waals surface area contributed by atoms with Gasteiger partial charge in [0.2, 0.25) is 5.91 Å². The van der Waals surface area contributed by atoms with Gasteiger partial charge in [-0.05, 0) is 49.7 Å². The summed E-state index contributed by atoms with van der Waals surface area (Å²) < 4.78 is 11.3. The maximum atomic E-state index is 14.7. The lowest BCUT2D eigenvalue weighted by molar-refractivity contribution is -0.182. The minimum absolute atomic E-state index is 0.111. The number of Topliss-reactive ketones (excluding diaryl/α,β-unsaturated/α-hetero) is 1. The van der Waals surface area contributed by atoms with Crippen LogP contribution in [0.4, 0.5) is 5.69 Å². The molecule has 10 heteroatoms. The lowest BCUT2D eigenvalue weighted by atomic mass is 9.60. The van der Waals surface area contributed by atoms with Crippen LogP contribution in [-0.4, -0.2) is 87.8 Å². The standard InChI is InChI=1S/C26H32N3O7/c1-23(2)16-8-13-20-15(36-20)9-27(13)11-25(16,29(33)34)10-26(23)12-6-7-14(35-5)17-18(12)28(22(26)32)24(3,4)21(31)19(17)30/h6-7,13,15-16,20-21,31,33H,8-11H2,1-5H3/q-1/t13-,15-,16-,20+,21-,25-,26+/m0/s1. The Morgan fingerprint density at radius 2 is 1.94 bits per heavy atom. The van der Waals surface area contributed by atoms with Crippen LogP contribution in [0.3, 0.4) is 0 Å². The summed E-state index contributed by atoms with van der Waals surface area (Å²) in [5.74, 6) is -0.729. The Labute approximate surface area is 209 Å². The van der Waals surface area contributed by atoms with Gasteiger partial charge in [0, 0.05) is 19.1 Å². The third-order valence-corrected chi connectivity index (χ3v) is 10.8. The molecule has 1 spiro atoms. The van der Waals surface area contributed by atoms with Crippen LogP contribution in [0.5, 0.6) is 5.75 Å². The van der Waals surface area contributed by atoms with E-state index < -0.39 is 33.8 Å². The molecule has 5 heterocycles. The second-order valence-corrected chi connectivity index (χ2v) is 12.7. The number of hydrogen-bond acceptors (Lipinski definition) is 9. The number of piperidine rings is 1. The topological polar surface area (TPSA) is 129 Å². The van der Waals surface area contributed by atoms with Crippen LogP contribution in [0.1, 0.15) is 56.5 Å². The van der Waals surface area contributed by atoms with E-state index in [9.17, 15) is 25.1 Å². The molecule has 194 valence electrons. The lowest BCUT2D eigenvalue weighted by Crippen LogP contribution is -2.63. The van der Waals surface area contributed by atoms with Gasteiger partial charge in [-0.3, -0.25) is 19.7 Å². The maximum Gasteiger partial charge on any atom is 0.238 e. The van der Waals surface area contributed by atoms with E-state index in [0.717, 1.165) is 6.54 Å². The van der Waals surface area contributed by atoms with Crippen LogP contribution in [0.2, 0.25) is 0 Å². The van der Waals surface area contributed by atoms with Crippen molar-refractivity contribution in [1.82, 2.24) is 10.1 Å². The molecule has 36 heavy (non-hydrogen) atoms. The summed E-state index contributed by atoms with van der Waals surface area (Å²) in [6.45, 7) is 8.47. The van der Waals surface area contributed by atoms with E-state index in [2.05, 4.69) is 4.90 Å². The Bertz CT molecular complexity index is 1230. The number of nitrogens with zero attached hydrogens (tertiary/aromatic N) is 3. The number of fused-ring (bicyclic) bond motifs is 5. The average molecular weight is 499 g/mol. The Hall–Kier alpha value is -2.08. The minimum Gasteiger partial charge on any atom is -0.762 e. The zero-order chi connectivity index (χ0) is 25.7. The average Bonchev–Trinajstić information content (AvgIpc) is 3.34. The van der Waals surface area contributed by atoms with Crippen LogP contribution in [0, 0.1) is 16.5 Å². The Morgan fingerprint density at radius 3 is 2.61 bits per heavy atom. The van der Waals surface area contributed by atoms with Gasteiger partial charge in [-0.15, -0.1) is 0 Å². The number of rotatable bonds is 2. The van der Waals surface area contributed by atoms with Gasteiger partial charge in [0.1, 0.15) is 18.0 Å². The van der Waals surface area contributed by atoms with Crippen LogP contribution in [0.15, 0.2) is 12.1 Å². The number of ether oxygens (including phenoxy) is 2. The molecule has 1 amide bonds. The number of benzene rings is 1. The van der Waals surface area contributed by atoms with E-state index in [1.54, 1.807) is 24.8 Å². The van der Waals surface area contributed by atoms with Crippen LogP contribution in [0.25, 0.3) is 0 Å². The van der Waals surface area contributed by atoms with Gasteiger partial charge in [0.25, 0.3) is 0 Å². The summed E-state index contributed by atoms with van der Waals surface area (Å²) in [5.41, 5.74) is -3.00. The minimum atomic E-state index is -1.43. The molecule has 7 atom stereocenters. The largest absolute Gasteiger partial charge is 0.762 e. The highest BCUT2D eigenvalue weighted by molar-refractivity contribution is 6.21. The van der Waals surface area contributed by atoms with Crippen molar-refractivity contribution in [2.75, 3.05) is 25.1 Å². The van der Waals surface area contributed by atoms with Gasteiger partial charge in [-0.25, -0.2) is 0 Å². The third-order valence-electron chi connectivity index (χ3n) is 10.8.